The van der Waals surface area contributed by atoms with E-state index < -0.39 is 5.97 Å². The van der Waals surface area contributed by atoms with Crippen LogP contribution in [-0.2, 0) is 11.3 Å². The fourth-order valence-electron chi connectivity index (χ4n) is 1.91. The summed E-state index contributed by atoms with van der Waals surface area (Å²) < 4.78 is 16.1. The molecule has 24 heavy (non-hydrogen) atoms. The number of esters is 1. The van der Waals surface area contributed by atoms with Gasteiger partial charge in [0.2, 0.25) is 11.9 Å². The number of rotatable bonds is 7. The molecular formula is C15H19N5O4. The number of carbonyl (C=O) groups excluding carboxylic acids is 1. The average molecular weight is 333 g/mol. The molecule has 0 radical (unpaired) electrons. The van der Waals surface area contributed by atoms with Gasteiger partial charge in [0, 0.05) is 0 Å². The second-order valence-electron chi connectivity index (χ2n) is 4.57. The molecule has 1 aromatic heterocycles. The number of nitrogen functional groups attached to an aromatic ring is 2. The summed E-state index contributed by atoms with van der Waals surface area (Å²) in [6.07, 6.45) is 0. The number of carbonyl (C=O) groups is 1. The molecule has 0 aliphatic heterocycles. The van der Waals surface area contributed by atoms with Gasteiger partial charge < -0.3 is 25.7 Å². The molecule has 2 aromatic rings. The van der Waals surface area contributed by atoms with Crippen molar-refractivity contribution in [2.75, 3.05) is 24.7 Å². The fraction of sp³-hybridized carbons (Fsp3) is 0.333. The third-order valence-electron chi connectivity index (χ3n) is 2.83. The minimum Gasteiger partial charge on any atom is -0.490 e. The lowest BCUT2D eigenvalue weighted by molar-refractivity contribution is 0.0461. The smallest absolute Gasteiger partial charge is 0.338 e. The van der Waals surface area contributed by atoms with Gasteiger partial charge in [-0.25, -0.2) is 4.79 Å². The van der Waals surface area contributed by atoms with E-state index in [1.165, 1.54) is 0 Å². The molecular weight excluding hydrogens is 314 g/mol. The highest BCUT2D eigenvalue weighted by Crippen LogP contribution is 2.28. The van der Waals surface area contributed by atoms with Gasteiger partial charge in [-0.15, -0.1) is 0 Å². The van der Waals surface area contributed by atoms with E-state index in [0.29, 0.717) is 30.3 Å². The minimum absolute atomic E-state index is 0.0340. The van der Waals surface area contributed by atoms with Gasteiger partial charge in [-0.3, -0.25) is 0 Å². The van der Waals surface area contributed by atoms with Crippen molar-refractivity contribution in [1.29, 1.82) is 0 Å². The van der Waals surface area contributed by atoms with Gasteiger partial charge >= 0.3 is 5.97 Å². The second kappa shape index (κ2) is 7.95. The summed E-state index contributed by atoms with van der Waals surface area (Å²) in [5.41, 5.74) is 11.2. The average Bonchev–Trinajstić information content (AvgIpc) is 2.54. The van der Waals surface area contributed by atoms with Crippen LogP contribution in [0.4, 0.5) is 11.9 Å². The van der Waals surface area contributed by atoms with Crippen molar-refractivity contribution in [2.24, 2.45) is 0 Å². The Bertz CT molecular complexity index is 703. The van der Waals surface area contributed by atoms with Crippen LogP contribution in [0.2, 0.25) is 0 Å². The molecule has 128 valence electrons. The molecule has 9 nitrogen and oxygen atoms in total. The van der Waals surface area contributed by atoms with Crippen LogP contribution >= 0.6 is 0 Å². The van der Waals surface area contributed by atoms with Crippen molar-refractivity contribution in [3.63, 3.8) is 0 Å². The molecule has 0 unspecified atom stereocenters. The first-order valence-electron chi connectivity index (χ1n) is 7.36. The number of benzene rings is 1. The molecule has 0 atom stereocenters. The van der Waals surface area contributed by atoms with Crippen LogP contribution in [0, 0.1) is 0 Å². The first-order chi connectivity index (χ1) is 11.5. The Labute approximate surface area is 139 Å². The predicted molar refractivity (Wildman–Crippen MR) is 86.6 cm³/mol. The Balaban J connectivity index is 2.09. The molecule has 0 saturated heterocycles. The van der Waals surface area contributed by atoms with E-state index in [2.05, 4.69) is 15.0 Å². The predicted octanol–water partition coefficient (Wildman–Crippen LogP) is 1.19. The van der Waals surface area contributed by atoms with E-state index in [1.807, 2.05) is 13.8 Å². The maximum Gasteiger partial charge on any atom is 0.338 e. The lowest BCUT2D eigenvalue weighted by Gasteiger charge is -2.12. The Kier molecular flexibility index (Phi) is 5.72. The van der Waals surface area contributed by atoms with Crippen molar-refractivity contribution in [3.05, 3.63) is 29.6 Å². The number of nitrogens with two attached hydrogens (primary N) is 2. The van der Waals surface area contributed by atoms with Crippen molar-refractivity contribution >= 4 is 17.9 Å². The number of ether oxygens (including phenoxy) is 3. The number of hydrogen-bond donors (Lipinski definition) is 2. The molecule has 2 rings (SSSR count). The lowest BCUT2D eigenvalue weighted by Crippen LogP contribution is -2.11. The number of aromatic nitrogens is 3. The molecule has 9 heteroatoms. The van der Waals surface area contributed by atoms with Gasteiger partial charge in [0.1, 0.15) is 0 Å². The molecule has 0 amide bonds. The quantitative estimate of drug-likeness (QED) is 0.716. The van der Waals surface area contributed by atoms with Crippen LogP contribution < -0.4 is 20.9 Å². The summed E-state index contributed by atoms with van der Waals surface area (Å²) in [6.45, 7) is 4.47. The summed E-state index contributed by atoms with van der Waals surface area (Å²) >= 11 is 0. The summed E-state index contributed by atoms with van der Waals surface area (Å²) in [5, 5.41) is 0. The Morgan fingerprint density at radius 3 is 2.25 bits per heavy atom. The zero-order chi connectivity index (χ0) is 17.5. The SMILES string of the molecule is CCOc1ccc(C(=O)OCc2nc(N)nc(N)n2)cc1OCC. The molecule has 0 spiro atoms. The van der Waals surface area contributed by atoms with E-state index in [1.54, 1.807) is 18.2 Å². The third-order valence-corrected chi connectivity index (χ3v) is 2.83. The molecule has 0 aliphatic rings. The van der Waals surface area contributed by atoms with E-state index in [4.69, 9.17) is 25.7 Å². The minimum atomic E-state index is -0.559. The van der Waals surface area contributed by atoms with Crippen LogP contribution in [0.15, 0.2) is 18.2 Å². The maximum absolute atomic E-state index is 12.2. The number of anilines is 2. The number of nitrogens with zero attached hydrogens (tertiary/aromatic N) is 3. The standard InChI is InChI=1S/C15H19N5O4/c1-3-22-10-6-5-9(7-11(10)23-4-2)13(21)24-8-12-18-14(16)20-15(17)19-12/h5-7H,3-4,8H2,1-2H3,(H4,16,17,18,19,20). The van der Waals surface area contributed by atoms with Crippen molar-refractivity contribution in [2.45, 2.75) is 20.5 Å². The maximum atomic E-state index is 12.2. The van der Waals surface area contributed by atoms with Gasteiger partial charge in [-0.2, -0.15) is 15.0 Å². The van der Waals surface area contributed by atoms with Crippen LogP contribution in [0.1, 0.15) is 30.0 Å². The Morgan fingerprint density at radius 2 is 1.62 bits per heavy atom. The largest absolute Gasteiger partial charge is 0.490 e. The summed E-state index contributed by atoms with van der Waals surface area (Å²) in [5.74, 6) is 0.582. The van der Waals surface area contributed by atoms with Crippen LogP contribution in [0.3, 0.4) is 0 Å². The topological polar surface area (TPSA) is 135 Å². The number of hydrogen-bond acceptors (Lipinski definition) is 9. The third kappa shape index (κ3) is 4.45. The molecule has 0 fully saturated rings. The zero-order valence-corrected chi connectivity index (χ0v) is 13.5. The van der Waals surface area contributed by atoms with Crippen molar-refractivity contribution in [1.82, 2.24) is 15.0 Å². The van der Waals surface area contributed by atoms with Gasteiger partial charge in [0.05, 0.1) is 18.8 Å². The zero-order valence-electron chi connectivity index (χ0n) is 13.5. The molecule has 0 saturated carbocycles. The highest BCUT2D eigenvalue weighted by molar-refractivity contribution is 5.90. The van der Waals surface area contributed by atoms with Crippen molar-refractivity contribution in [3.8, 4) is 11.5 Å². The molecule has 1 heterocycles. The Hall–Kier alpha value is -3.10. The highest BCUT2D eigenvalue weighted by Gasteiger charge is 2.14. The second-order valence-corrected chi connectivity index (χ2v) is 4.57. The molecule has 1 aromatic carbocycles. The van der Waals surface area contributed by atoms with Crippen LogP contribution in [-0.4, -0.2) is 34.1 Å². The van der Waals surface area contributed by atoms with Gasteiger partial charge in [0.15, 0.2) is 23.9 Å². The monoisotopic (exact) mass is 333 g/mol. The van der Waals surface area contributed by atoms with Crippen LogP contribution in [0.25, 0.3) is 0 Å². The normalized spacial score (nSPS) is 10.2. The van der Waals surface area contributed by atoms with E-state index >= 15 is 0 Å². The summed E-state index contributed by atoms with van der Waals surface area (Å²) in [7, 11) is 0. The summed E-state index contributed by atoms with van der Waals surface area (Å²) in [4.78, 5) is 23.5. The van der Waals surface area contributed by atoms with Crippen molar-refractivity contribution < 1.29 is 19.0 Å². The first kappa shape index (κ1) is 17.3. The molecule has 4 N–H and O–H groups in total. The van der Waals surface area contributed by atoms with E-state index in [9.17, 15) is 4.79 Å². The van der Waals surface area contributed by atoms with Gasteiger partial charge in [-0.05, 0) is 32.0 Å². The molecule has 0 bridgehead atoms. The van der Waals surface area contributed by atoms with Crippen LogP contribution in [0.5, 0.6) is 11.5 Å². The van der Waals surface area contributed by atoms with E-state index in [0.717, 1.165) is 0 Å². The van der Waals surface area contributed by atoms with Gasteiger partial charge in [0.25, 0.3) is 0 Å². The Morgan fingerprint density at radius 1 is 1.00 bits per heavy atom. The van der Waals surface area contributed by atoms with E-state index in [-0.39, 0.29) is 24.3 Å². The first-order valence-corrected chi connectivity index (χ1v) is 7.36. The van der Waals surface area contributed by atoms with Gasteiger partial charge in [-0.1, -0.05) is 0 Å². The molecule has 0 aliphatic carbocycles. The highest BCUT2D eigenvalue weighted by atomic mass is 16.5. The summed E-state index contributed by atoms with van der Waals surface area (Å²) in [6, 6.07) is 4.81. The fourth-order valence-corrected chi connectivity index (χ4v) is 1.91. The lowest BCUT2D eigenvalue weighted by atomic mass is 10.2.